The van der Waals surface area contributed by atoms with Crippen LogP contribution < -0.4 is 0 Å². The van der Waals surface area contributed by atoms with E-state index in [1.165, 1.54) is 17.5 Å². The Hall–Kier alpha value is -0.820. The van der Waals surface area contributed by atoms with Gasteiger partial charge < -0.3 is 5.11 Å². The molecule has 0 amide bonds. The fraction of sp³-hybridized carbons (Fsp3) is 0.700. The number of hydrogen-bond acceptors (Lipinski definition) is 1. The molecule has 0 aliphatic heterocycles. The molecule has 1 aromatic carbocycles. The van der Waals surface area contributed by atoms with Gasteiger partial charge in [-0.15, -0.1) is 0 Å². The molecule has 118 valence electrons. The summed E-state index contributed by atoms with van der Waals surface area (Å²) >= 11 is 0. The third kappa shape index (κ3) is 4.57. The van der Waals surface area contributed by atoms with Crippen molar-refractivity contribution in [3.05, 3.63) is 35.4 Å². The predicted octanol–water partition coefficient (Wildman–Crippen LogP) is 5.15. The normalized spacial score (nSPS) is 27.4. The van der Waals surface area contributed by atoms with Crippen molar-refractivity contribution in [3.8, 4) is 0 Å². The zero-order valence-electron chi connectivity index (χ0n) is 14.3. The Bertz CT molecular complexity index is 440. The van der Waals surface area contributed by atoms with E-state index >= 15 is 0 Å². The highest BCUT2D eigenvalue weighted by molar-refractivity contribution is 5.23. The van der Waals surface area contributed by atoms with E-state index in [9.17, 15) is 5.11 Å². The molecular weight excluding hydrogens is 256 g/mol. The van der Waals surface area contributed by atoms with Crippen LogP contribution in [0.3, 0.4) is 0 Å². The summed E-state index contributed by atoms with van der Waals surface area (Å²) in [6.07, 6.45) is 7.38. The molecular formula is C20H32O. The molecule has 0 bridgehead atoms. The Morgan fingerprint density at radius 3 is 2.24 bits per heavy atom. The van der Waals surface area contributed by atoms with Crippen LogP contribution in [0.2, 0.25) is 0 Å². The molecule has 21 heavy (non-hydrogen) atoms. The van der Waals surface area contributed by atoms with Crippen LogP contribution in [0.4, 0.5) is 0 Å². The molecule has 1 aromatic rings. The molecule has 2 atom stereocenters. The van der Waals surface area contributed by atoms with Crippen LogP contribution in [0, 0.1) is 11.3 Å². The number of rotatable bonds is 3. The molecule has 1 nitrogen and oxygen atoms in total. The topological polar surface area (TPSA) is 20.2 Å². The van der Waals surface area contributed by atoms with Crippen LogP contribution >= 0.6 is 0 Å². The van der Waals surface area contributed by atoms with Crippen LogP contribution in [0.15, 0.2) is 24.3 Å². The molecule has 2 unspecified atom stereocenters. The summed E-state index contributed by atoms with van der Waals surface area (Å²) in [5.74, 6) is 0.744. The largest absolute Gasteiger partial charge is 0.390 e. The molecule has 0 heterocycles. The van der Waals surface area contributed by atoms with Crippen molar-refractivity contribution in [2.75, 3.05) is 0 Å². The maximum Gasteiger partial charge on any atom is 0.0688 e. The summed E-state index contributed by atoms with van der Waals surface area (Å²) in [5, 5.41) is 11.0. The second kappa shape index (κ2) is 6.52. The summed E-state index contributed by atoms with van der Waals surface area (Å²) in [4.78, 5) is 0. The number of aliphatic hydroxyl groups is 1. The average molecular weight is 288 g/mol. The van der Waals surface area contributed by atoms with Crippen molar-refractivity contribution < 1.29 is 5.11 Å². The zero-order chi connectivity index (χ0) is 15.5. The van der Waals surface area contributed by atoms with E-state index in [1.54, 1.807) is 0 Å². The molecule has 1 heteroatoms. The maximum absolute atomic E-state index is 11.0. The summed E-state index contributed by atoms with van der Waals surface area (Å²) < 4.78 is 0. The molecule has 1 fully saturated rings. The average Bonchev–Trinajstić information content (AvgIpc) is 2.61. The van der Waals surface area contributed by atoms with Gasteiger partial charge in [-0.3, -0.25) is 0 Å². The fourth-order valence-electron chi connectivity index (χ4n) is 3.71. The molecule has 0 radical (unpaired) electrons. The van der Waals surface area contributed by atoms with Gasteiger partial charge >= 0.3 is 0 Å². The van der Waals surface area contributed by atoms with Crippen LogP contribution in [0.5, 0.6) is 0 Å². The molecule has 0 aromatic heterocycles. The highest BCUT2D eigenvalue weighted by atomic mass is 16.3. The quantitative estimate of drug-likeness (QED) is 0.763. The number of aryl methyl sites for hydroxylation is 1. The Kier molecular flexibility index (Phi) is 5.14. The summed E-state index contributed by atoms with van der Waals surface area (Å²) in [6.45, 7) is 9.20. The number of benzene rings is 1. The first kappa shape index (κ1) is 16.5. The van der Waals surface area contributed by atoms with Crippen LogP contribution in [0.1, 0.15) is 70.9 Å². The SMILES string of the molecule is CCc1ccc(CC2(O)CCCC(C(C)(C)C)CC2)cc1. The molecule has 0 saturated heterocycles. The van der Waals surface area contributed by atoms with Gasteiger partial charge in [0.2, 0.25) is 0 Å². The molecule has 1 aliphatic rings. The first-order chi connectivity index (χ1) is 9.82. The van der Waals surface area contributed by atoms with E-state index in [1.807, 2.05) is 0 Å². The third-order valence-electron chi connectivity index (χ3n) is 5.34. The Balaban J connectivity index is 2.01. The standard InChI is InChI=1S/C20H32O/c1-5-16-8-10-17(11-9-16)15-20(21)13-6-7-18(12-14-20)19(2,3)4/h8-11,18,21H,5-7,12-15H2,1-4H3. The summed E-state index contributed by atoms with van der Waals surface area (Å²) in [6, 6.07) is 8.80. The van der Waals surface area contributed by atoms with Crippen molar-refractivity contribution in [1.29, 1.82) is 0 Å². The van der Waals surface area contributed by atoms with Gasteiger partial charge in [0, 0.05) is 6.42 Å². The monoisotopic (exact) mass is 288 g/mol. The predicted molar refractivity (Wildman–Crippen MR) is 90.5 cm³/mol. The zero-order valence-corrected chi connectivity index (χ0v) is 14.3. The van der Waals surface area contributed by atoms with Crippen molar-refractivity contribution in [3.63, 3.8) is 0 Å². The van der Waals surface area contributed by atoms with E-state index in [4.69, 9.17) is 0 Å². The second-order valence-corrected chi connectivity index (χ2v) is 8.07. The van der Waals surface area contributed by atoms with Gasteiger partial charge in [0.15, 0.2) is 0 Å². The minimum absolute atomic E-state index is 0.369. The van der Waals surface area contributed by atoms with Crippen LogP contribution in [-0.2, 0) is 12.8 Å². The lowest BCUT2D eigenvalue weighted by Crippen LogP contribution is -2.31. The van der Waals surface area contributed by atoms with E-state index in [0.29, 0.717) is 5.41 Å². The van der Waals surface area contributed by atoms with Crippen molar-refractivity contribution >= 4 is 0 Å². The van der Waals surface area contributed by atoms with Crippen molar-refractivity contribution in [1.82, 2.24) is 0 Å². The van der Waals surface area contributed by atoms with Gasteiger partial charge in [0.1, 0.15) is 0 Å². The third-order valence-corrected chi connectivity index (χ3v) is 5.34. The lowest BCUT2D eigenvalue weighted by atomic mass is 9.76. The minimum atomic E-state index is -0.492. The molecule has 1 N–H and O–H groups in total. The molecule has 2 rings (SSSR count). The van der Waals surface area contributed by atoms with Gasteiger partial charge in [0.25, 0.3) is 0 Å². The second-order valence-electron chi connectivity index (χ2n) is 8.07. The fourth-order valence-corrected chi connectivity index (χ4v) is 3.71. The van der Waals surface area contributed by atoms with Crippen molar-refractivity contribution in [2.24, 2.45) is 11.3 Å². The highest BCUT2D eigenvalue weighted by Gasteiger charge is 2.34. The summed E-state index contributed by atoms with van der Waals surface area (Å²) in [7, 11) is 0. The van der Waals surface area contributed by atoms with E-state index < -0.39 is 5.60 Å². The van der Waals surface area contributed by atoms with Gasteiger partial charge in [-0.2, -0.15) is 0 Å². The minimum Gasteiger partial charge on any atom is -0.390 e. The lowest BCUT2D eigenvalue weighted by Gasteiger charge is -2.31. The first-order valence-corrected chi connectivity index (χ1v) is 8.63. The van der Waals surface area contributed by atoms with Gasteiger partial charge in [-0.25, -0.2) is 0 Å². The van der Waals surface area contributed by atoms with E-state index in [-0.39, 0.29) is 0 Å². The molecule has 0 spiro atoms. The summed E-state index contributed by atoms with van der Waals surface area (Å²) in [5.41, 5.74) is 2.53. The van der Waals surface area contributed by atoms with Gasteiger partial charge in [-0.05, 0) is 54.6 Å². The Labute approximate surface area is 130 Å². The Morgan fingerprint density at radius 1 is 1.05 bits per heavy atom. The van der Waals surface area contributed by atoms with E-state index in [2.05, 4.69) is 52.0 Å². The molecule has 1 aliphatic carbocycles. The lowest BCUT2D eigenvalue weighted by molar-refractivity contribution is 0.0225. The number of hydrogen-bond donors (Lipinski definition) is 1. The van der Waals surface area contributed by atoms with Gasteiger partial charge in [-0.1, -0.05) is 58.4 Å². The Morgan fingerprint density at radius 2 is 1.67 bits per heavy atom. The van der Waals surface area contributed by atoms with E-state index in [0.717, 1.165) is 44.4 Å². The van der Waals surface area contributed by atoms with Crippen LogP contribution in [0.25, 0.3) is 0 Å². The van der Waals surface area contributed by atoms with Gasteiger partial charge in [0.05, 0.1) is 5.60 Å². The van der Waals surface area contributed by atoms with Crippen molar-refractivity contribution in [2.45, 2.75) is 78.2 Å². The maximum atomic E-state index is 11.0. The smallest absolute Gasteiger partial charge is 0.0688 e. The first-order valence-electron chi connectivity index (χ1n) is 8.63. The highest BCUT2D eigenvalue weighted by Crippen LogP contribution is 2.40. The van der Waals surface area contributed by atoms with Crippen LogP contribution in [-0.4, -0.2) is 10.7 Å². The molecule has 1 saturated carbocycles.